The van der Waals surface area contributed by atoms with E-state index < -0.39 is 0 Å². The molecule has 0 unspecified atom stereocenters. The molecular weight excluding hydrogens is 342 g/mol. The van der Waals surface area contributed by atoms with Crippen LogP contribution in [0.15, 0.2) is 59.7 Å². The second-order valence-electron chi connectivity index (χ2n) is 6.18. The van der Waals surface area contributed by atoms with Crippen molar-refractivity contribution in [1.29, 1.82) is 0 Å². The second kappa shape index (κ2) is 11.5. The Morgan fingerprint density at radius 2 is 1.48 bits per heavy atom. The molecule has 2 aromatic rings. The number of para-hydroxylation sites is 2. The second-order valence-corrected chi connectivity index (χ2v) is 6.18. The van der Waals surface area contributed by atoms with E-state index in [1.807, 2.05) is 30.3 Å². The third kappa shape index (κ3) is 8.18. The van der Waals surface area contributed by atoms with Crippen molar-refractivity contribution in [2.24, 2.45) is 5.10 Å². The van der Waals surface area contributed by atoms with Crippen LogP contribution < -0.4 is 10.7 Å². The summed E-state index contributed by atoms with van der Waals surface area (Å²) in [7, 11) is 0. The Balaban J connectivity index is 1.51. The molecule has 2 amide bonds. The molecule has 0 heterocycles. The summed E-state index contributed by atoms with van der Waals surface area (Å²) in [5.41, 5.74) is 3.87. The first-order valence-corrected chi connectivity index (χ1v) is 9.10. The smallest absolute Gasteiger partial charge is 0.240 e. The fraction of sp³-hybridized carbons (Fsp3) is 0.286. The number of rotatable bonds is 10. The van der Waals surface area contributed by atoms with Gasteiger partial charge in [0.2, 0.25) is 11.8 Å². The van der Waals surface area contributed by atoms with Gasteiger partial charge in [-0.1, -0.05) is 55.3 Å². The average Bonchev–Trinajstić information content (AvgIpc) is 2.67. The quantitative estimate of drug-likeness (QED) is 0.258. The van der Waals surface area contributed by atoms with Gasteiger partial charge in [0.15, 0.2) is 0 Å². The van der Waals surface area contributed by atoms with E-state index >= 15 is 0 Å². The van der Waals surface area contributed by atoms with Gasteiger partial charge in [-0.2, -0.15) is 5.10 Å². The van der Waals surface area contributed by atoms with E-state index in [4.69, 9.17) is 0 Å². The summed E-state index contributed by atoms with van der Waals surface area (Å²) in [5.74, 6) is -0.171. The van der Waals surface area contributed by atoms with Crippen LogP contribution in [0, 0.1) is 0 Å². The van der Waals surface area contributed by atoms with Crippen LogP contribution in [0.3, 0.4) is 0 Å². The molecular formula is C21H25N3O3. The number of nitrogens with zero attached hydrogens (tertiary/aromatic N) is 1. The highest BCUT2D eigenvalue weighted by atomic mass is 16.3. The summed E-state index contributed by atoms with van der Waals surface area (Å²) < 4.78 is 0. The van der Waals surface area contributed by atoms with Crippen molar-refractivity contribution in [3.8, 4) is 5.75 Å². The van der Waals surface area contributed by atoms with E-state index in [0.29, 0.717) is 18.5 Å². The lowest BCUT2D eigenvalue weighted by molar-refractivity contribution is -0.121. The zero-order valence-corrected chi connectivity index (χ0v) is 15.2. The highest BCUT2D eigenvalue weighted by Crippen LogP contribution is 2.21. The molecule has 6 nitrogen and oxygen atoms in total. The SMILES string of the molecule is O=C(CCCCCCC(=O)Nc1ccccc1O)N/N=C/c1ccccc1. The van der Waals surface area contributed by atoms with Crippen molar-refractivity contribution >= 4 is 23.7 Å². The number of anilines is 1. The van der Waals surface area contributed by atoms with Gasteiger partial charge >= 0.3 is 0 Å². The number of phenolic OH excluding ortho intramolecular Hbond substituents is 1. The topological polar surface area (TPSA) is 90.8 Å². The molecule has 0 aliphatic heterocycles. The fourth-order valence-corrected chi connectivity index (χ4v) is 2.49. The third-order valence-electron chi connectivity index (χ3n) is 3.94. The largest absolute Gasteiger partial charge is 0.506 e. The van der Waals surface area contributed by atoms with Crippen molar-refractivity contribution in [1.82, 2.24) is 5.43 Å². The molecule has 2 aromatic carbocycles. The first-order valence-electron chi connectivity index (χ1n) is 9.10. The average molecular weight is 367 g/mol. The maximum atomic E-state index is 11.8. The Hall–Kier alpha value is -3.15. The van der Waals surface area contributed by atoms with E-state index in [1.165, 1.54) is 6.07 Å². The van der Waals surface area contributed by atoms with Gasteiger partial charge in [-0.25, -0.2) is 5.43 Å². The van der Waals surface area contributed by atoms with Gasteiger partial charge in [0, 0.05) is 12.8 Å². The standard InChI is InChI=1S/C21H25N3O3/c25-19-13-9-8-12-18(19)23-20(26)14-6-1-2-7-15-21(27)24-22-16-17-10-4-3-5-11-17/h3-5,8-13,16,25H,1-2,6-7,14-15H2,(H,23,26)(H,24,27)/b22-16+. The fourth-order valence-electron chi connectivity index (χ4n) is 2.49. The monoisotopic (exact) mass is 367 g/mol. The lowest BCUT2D eigenvalue weighted by Gasteiger charge is -2.06. The number of nitrogens with one attached hydrogen (secondary N) is 2. The molecule has 0 fully saturated rings. The number of hydrazone groups is 1. The minimum Gasteiger partial charge on any atom is -0.506 e. The lowest BCUT2D eigenvalue weighted by Crippen LogP contribution is -2.16. The summed E-state index contributed by atoms with van der Waals surface area (Å²) in [5, 5.41) is 16.2. The number of unbranched alkanes of at least 4 members (excludes halogenated alkanes) is 3. The minimum atomic E-state index is -0.121. The number of carbonyl (C=O) groups is 2. The number of aromatic hydroxyl groups is 1. The van der Waals surface area contributed by atoms with E-state index in [1.54, 1.807) is 24.4 Å². The normalized spacial score (nSPS) is 10.7. The first kappa shape index (κ1) is 20.2. The van der Waals surface area contributed by atoms with Crippen LogP contribution in [0.4, 0.5) is 5.69 Å². The maximum absolute atomic E-state index is 11.8. The lowest BCUT2D eigenvalue weighted by atomic mass is 10.1. The molecule has 3 N–H and O–H groups in total. The van der Waals surface area contributed by atoms with Gasteiger partial charge < -0.3 is 10.4 Å². The van der Waals surface area contributed by atoms with Gasteiger partial charge in [-0.05, 0) is 30.5 Å². The summed E-state index contributed by atoms with van der Waals surface area (Å²) >= 11 is 0. The van der Waals surface area contributed by atoms with Crippen LogP contribution >= 0.6 is 0 Å². The summed E-state index contributed by atoms with van der Waals surface area (Å²) in [6.45, 7) is 0. The number of hydrogen-bond acceptors (Lipinski definition) is 4. The van der Waals surface area contributed by atoms with Crippen LogP contribution in [-0.2, 0) is 9.59 Å². The molecule has 0 aliphatic carbocycles. The molecule has 0 spiro atoms. The van der Waals surface area contributed by atoms with Crippen LogP contribution in [0.2, 0.25) is 0 Å². The van der Waals surface area contributed by atoms with Gasteiger partial charge in [-0.15, -0.1) is 0 Å². The maximum Gasteiger partial charge on any atom is 0.240 e. The van der Waals surface area contributed by atoms with Crippen molar-refractivity contribution < 1.29 is 14.7 Å². The van der Waals surface area contributed by atoms with E-state index in [-0.39, 0.29) is 17.6 Å². The Labute approximate surface area is 159 Å². The number of hydrogen-bond donors (Lipinski definition) is 3. The third-order valence-corrected chi connectivity index (χ3v) is 3.94. The van der Waals surface area contributed by atoms with Crippen LogP contribution in [0.1, 0.15) is 44.1 Å². The molecule has 0 aromatic heterocycles. The molecule has 2 rings (SSSR count). The van der Waals surface area contributed by atoms with Gasteiger partial charge in [0.25, 0.3) is 0 Å². The number of phenols is 1. The van der Waals surface area contributed by atoms with E-state index in [2.05, 4.69) is 15.8 Å². The van der Waals surface area contributed by atoms with Gasteiger partial charge in [-0.3, -0.25) is 9.59 Å². The van der Waals surface area contributed by atoms with Crippen molar-refractivity contribution in [3.63, 3.8) is 0 Å². The van der Waals surface area contributed by atoms with Crippen LogP contribution in [0.5, 0.6) is 5.75 Å². The predicted octanol–water partition coefficient (Wildman–Crippen LogP) is 3.82. The van der Waals surface area contributed by atoms with Gasteiger partial charge in [0.1, 0.15) is 5.75 Å². The molecule has 142 valence electrons. The number of amides is 2. The van der Waals surface area contributed by atoms with Crippen LogP contribution in [0.25, 0.3) is 0 Å². The molecule has 0 atom stereocenters. The molecule has 0 saturated heterocycles. The summed E-state index contributed by atoms with van der Waals surface area (Å²) in [6, 6.07) is 16.2. The first-order chi connectivity index (χ1) is 13.1. The highest BCUT2D eigenvalue weighted by molar-refractivity contribution is 5.92. The van der Waals surface area contributed by atoms with Crippen molar-refractivity contribution in [2.75, 3.05) is 5.32 Å². The zero-order valence-electron chi connectivity index (χ0n) is 15.2. The predicted molar refractivity (Wildman–Crippen MR) is 107 cm³/mol. The zero-order chi connectivity index (χ0) is 19.3. The number of carbonyl (C=O) groups excluding carboxylic acids is 2. The van der Waals surface area contributed by atoms with Crippen LogP contribution in [-0.4, -0.2) is 23.1 Å². The summed E-state index contributed by atoms with van der Waals surface area (Å²) in [4.78, 5) is 23.5. The molecule has 6 heteroatoms. The van der Waals surface area contributed by atoms with E-state index in [0.717, 1.165) is 31.2 Å². The molecule has 0 radical (unpaired) electrons. The molecule has 0 bridgehead atoms. The Bertz CT molecular complexity index is 760. The Kier molecular flexibility index (Phi) is 8.56. The van der Waals surface area contributed by atoms with E-state index in [9.17, 15) is 14.7 Å². The Morgan fingerprint density at radius 1 is 0.852 bits per heavy atom. The molecule has 0 aliphatic rings. The summed E-state index contributed by atoms with van der Waals surface area (Å²) in [6.07, 6.45) is 5.66. The van der Waals surface area contributed by atoms with Crippen molar-refractivity contribution in [3.05, 3.63) is 60.2 Å². The number of benzene rings is 2. The molecule has 27 heavy (non-hydrogen) atoms. The minimum absolute atomic E-state index is 0.0618. The van der Waals surface area contributed by atoms with Crippen molar-refractivity contribution in [2.45, 2.75) is 38.5 Å². The van der Waals surface area contributed by atoms with Gasteiger partial charge in [0.05, 0.1) is 11.9 Å². The highest BCUT2D eigenvalue weighted by Gasteiger charge is 2.05. The Morgan fingerprint density at radius 3 is 2.19 bits per heavy atom. The molecule has 0 saturated carbocycles.